The van der Waals surface area contributed by atoms with Gasteiger partial charge in [-0.3, -0.25) is 9.59 Å². The molecule has 5 nitrogen and oxygen atoms in total. The predicted octanol–water partition coefficient (Wildman–Crippen LogP) is 3.34. The summed E-state index contributed by atoms with van der Waals surface area (Å²) in [6.45, 7) is 12.9. The van der Waals surface area contributed by atoms with Crippen molar-refractivity contribution in [2.45, 2.75) is 58.8 Å². The Morgan fingerprint density at radius 3 is 2.46 bits per heavy atom. The van der Waals surface area contributed by atoms with E-state index in [1.54, 1.807) is 0 Å². The molecule has 28 heavy (non-hydrogen) atoms. The zero-order valence-corrected chi connectivity index (χ0v) is 18.0. The van der Waals surface area contributed by atoms with Crippen LogP contribution < -0.4 is 10.6 Å². The first-order valence-electron chi connectivity index (χ1n) is 10.6. The highest BCUT2D eigenvalue weighted by Gasteiger charge is 2.16. The third-order valence-corrected chi connectivity index (χ3v) is 5.39. The minimum atomic E-state index is -0.213. The monoisotopic (exact) mass is 387 g/mol. The molecule has 156 valence electrons. The van der Waals surface area contributed by atoms with Crippen LogP contribution in [-0.4, -0.2) is 49.4 Å². The standard InChI is InChI=1S/C23H37N3O2/c1-18-8-7-15-26(17-18)14-6-5-13-24-21(27)16-25-22(28)19-9-11-20(12-10-19)23(2,3)4/h9-12,18H,5-8,13-17H2,1-4H3,(H,24,27)(H,25,28). The fourth-order valence-electron chi connectivity index (χ4n) is 3.62. The molecule has 0 spiro atoms. The van der Waals surface area contributed by atoms with Crippen molar-refractivity contribution in [2.24, 2.45) is 5.92 Å². The molecule has 1 fully saturated rings. The van der Waals surface area contributed by atoms with Gasteiger partial charge in [-0.25, -0.2) is 0 Å². The summed E-state index contributed by atoms with van der Waals surface area (Å²) >= 11 is 0. The molecule has 0 bridgehead atoms. The Labute approximate surface area is 170 Å². The number of nitrogens with one attached hydrogen (secondary N) is 2. The van der Waals surface area contributed by atoms with Gasteiger partial charge in [0.05, 0.1) is 6.54 Å². The summed E-state index contributed by atoms with van der Waals surface area (Å²) in [5, 5.41) is 5.59. The fraction of sp³-hybridized carbons (Fsp3) is 0.652. The Morgan fingerprint density at radius 2 is 1.82 bits per heavy atom. The van der Waals surface area contributed by atoms with Crippen molar-refractivity contribution in [3.63, 3.8) is 0 Å². The first kappa shape index (κ1) is 22.4. The summed E-state index contributed by atoms with van der Waals surface area (Å²) in [6.07, 6.45) is 4.72. The van der Waals surface area contributed by atoms with Crippen LogP contribution in [0.5, 0.6) is 0 Å². The second-order valence-corrected chi connectivity index (χ2v) is 9.12. The summed E-state index contributed by atoms with van der Waals surface area (Å²) in [6, 6.07) is 7.57. The molecule has 2 rings (SSSR count). The van der Waals surface area contributed by atoms with Gasteiger partial charge in [0.1, 0.15) is 0 Å². The average Bonchev–Trinajstić information content (AvgIpc) is 2.65. The summed E-state index contributed by atoms with van der Waals surface area (Å²) in [5.41, 5.74) is 1.82. The number of nitrogens with zero attached hydrogens (tertiary/aromatic N) is 1. The van der Waals surface area contributed by atoms with Crippen molar-refractivity contribution >= 4 is 11.8 Å². The van der Waals surface area contributed by atoms with Crippen LogP contribution >= 0.6 is 0 Å². The van der Waals surface area contributed by atoms with Gasteiger partial charge in [-0.1, -0.05) is 39.8 Å². The van der Waals surface area contributed by atoms with E-state index in [0.717, 1.165) is 25.3 Å². The molecular weight excluding hydrogens is 350 g/mol. The number of piperidine rings is 1. The Balaban J connectivity index is 1.59. The fourth-order valence-corrected chi connectivity index (χ4v) is 3.62. The van der Waals surface area contributed by atoms with Crippen molar-refractivity contribution in [1.29, 1.82) is 0 Å². The minimum Gasteiger partial charge on any atom is -0.355 e. The minimum absolute atomic E-state index is 0.0174. The number of benzene rings is 1. The smallest absolute Gasteiger partial charge is 0.251 e. The van der Waals surface area contributed by atoms with E-state index < -0.39 is 0 Å². The molecule has 1 aliphatic rings. The topological polar surface area (TPSA) is 61.4 Å². The van der Waals surface area contributed by atoms with E-state index in [-0.39, 0.29) is 23.8 Å². The number of carbonyl (C=O) groups is 2. The van der Waals surface area contributed by atoms with E-state index >= 15 is 0 Å². The van der Waals surface area contributed by atoms with E-state index in [1.165, 1.54) is 31.5 Å². The molecule has 0 saturated carbocycles. The van der Waals surface area contributed by atoms with Crippen LogP contribution in [0.25, 0.3) is 0 Å². The molecule has 1 unspecified atom stereocenters. The van der Waals surface area contributed by atoms with Gasteiger partial charge < -0.3 is 15.5 Å². The number of hydrogen-bond donors (Lipinski definition) is 2. The van der Waals surface area contributed by atoms with Crippen LogP contribution in [0.15, 0.2) is 24.3 Å². The summed E-state index contributed by atoms with van der Waals surface area (Å²) < 4.78 is 0. The lowest BCUT2D eigenvalue weighted by Gasteiger charge is -2.30. The van der Waals surface area contributed by atoms with Crippen molar-refractivity contribution in [1.82, 2.24) is 15.5 Å². The average molecular weight is 388 g/mol. The van der Waals surface area contributed by atoms with Crippen molar-refractivity contribution in [3.05, 3.63) is 35.4 Å². The molecular formula is C23H37N3O2. The van der Waals surface area contributed by atoms with Gasteiger partial charge in [-0.2, -0.15) is 0 Å². The third-order valence-electron chi connectivity index (χ3n) is 5.39. The van der Waals surface area contributed by atoms with Crippen molar-refractivity contribution in [2.75, 3.05) is 32.7 Å². The van der Waals surface area contributed by atoms with Crippen LogP contribution in [0.1, 0.15) is 69.3 Å². The molecule has 2 N–H and O–H groups in total. The molecule has 1 aromatic carbocycles. The maximum Gasteiger partial charge on any atom is 0.251 e. The number of hydrogen-bond acceptors (Lipinski definition) is 3. The molecule has 1 saturated heterocycles. The molecule has 1 heterocycles. The van der Waals surface area contributed by atoms with Gasteiger partial charge in [0.15, 0.2) is 0 Å². The molecule has 1 atom stereocenters. The SMILES string of the molecule is CC1CCCN(CCCCNC(=O)CNC(=O)c2ccc(C(C)(C)C)cc2)C1. The number of rotatable bonds is 8. The van der Waals surface area contributed by atoms with Crippen molar-refractivity contribution < 1.29 is 9.59 Å². The number of amides is 2. The largest absolute Gasteiger partial charge is 0.355 e. The highest BCUT2D eigenvalue weighted by molar-refractivity contribution is 5.96. The molecule has 0 aliphatic carbocycles. The van der Waals surface area contributed by atoms with E-state index in [9.17, 15) is 9.59 Å². The predicted molar refractivity (Wildman–Crippen MR) is 115 cm³/mol. The van der Waals surface area contributed by atoms with Gasteiger partial charge in [0.2, 0.25) is 5.91 Å². The van der Waals surface area contributed by atoms with Crippen LogP contribution in [0.4, 0.5) is 0 Å². The molecule has 5 heteroatoms. The normalized spacial score (nSPS) is 17.9. The highest BCUT2D eigenvalue weighted by Crippen LogP contribution is 2.22. The van der Waals surface area contributed by atoms with Crippen LogP contribution in [-0.2, 0) is 10.2 Å². The lowest BCUT2D eigenvalue weighted by Crippen LogP contribution is -2.38. The maximum atomic E-state index is 12.2. The number of unbranched alkanes of at least 4 members (excludes halogenated alkanes) is 1. The lowest BCUT2D eigenvalue weighted by atomic mass is 9.87. The molecule has 0 aromatic heterocycles. The van der Waals surface area contributed by atoms with Gasteiger partial charge in [-0.05, 0) is 67.8 Å². The highest BCUT2D eigenvalue weighted by atomic mass is 16.2. The molecule has 0 radical (unpaired) electrons. The van der Waals surface area contributed by atoms with Crippen LogP contribution in [0.3, 0.4) is 0 Å². The second kappa shape index (κ2) is 10.6. The molecule has 1 aliphatic heterocycles. The Kier molecular flexibility index (Phi) is 8.49. The van der Waals surface area contributed by atoms with E-state index in [4.69, 9.17) is 0 Å². The molecule has 2 amide bonds. The number of likely N-dealkylation sites (tertiary alicyclic amines) is 1. The van der Waals surface area contributed by atoms with Gasteiger partial charge in [-0.15, -0.1) is 0 Å². The zero-order chi connectivity index (χ0) is 20.6. The van der Waals surface area contributed by atoms with Gasteiger partial charge >= 0.3 is 0 Å². The summed E-state index contributed by atoms with van der Waals surface area (Å²) in [7, 11) is 0. The van der Waals surface area contributed by atoms with Gasteiger partial charge in [0.25, 0.3) is 5.91 Å². The maximum absolute atomic E-state index is 12.2. The third kappa shape index (κ3) is 7.63. The van der Waals surface area contributed by atoms with E-state index in [1.807, 2.05) is 24.3 Å². The Morgan fingerprint density at radius 1 is 1.11 bits per heavy atom. The first-order valence-corrected chi connectivity index (χ1v) is 10.6. The lowest BCUT2D eigenvalue weighted by molar-refractivity contribution is -0.120. The second-order valence-electron chi connectivity index (χ2n) is 9.12. The van der Waals surface area contributed by atoms with Gasteiger partial charge in [0, 0.05) is 18.7 Å². The quantitative estimate of drug-likeness (QED) is 0.673. The summed E-state index contributed by atoms with van der Waals surface area (Å²) in [5.74, 6) is 0.461. The Bertz CT molecular complexity index is 634. The molecule has 1 aromatic rings. The number of carbonyl (C=O) groups excluding carboxylic acids is 2. The van der Waals surface area contributed by atoms with E-state index in [2.05, 4.69) is 43.2 Å². The Hall–Kier alpha value is -1.88. The van der Waals surface area contributed by atoms with Crippen molar-refractivity contribution in [3.8, 4) is 0 Å². The zero-order valence-electron chi connectivity index (χ0n) is 18.0. The van der Waals surface area contributed by atoms with E-state index in [0.29, 0.717) is 12.1 Å². The first-order chi connectivity index (χ1) is 13.3. The summed E-state index contributed by atoms with van der Waals surface area (Å²) in [4.78, 5) is 26.7. The van der Waals surface area contributed by atoms with Crippen LogP contribution in [0, 0.1) is 5.92 Å². The van der Waals surface area contributed by atoms with Crippen LogP contribution in [0.2, 0.25) is 0 Å².